The smallest absolute Gasteiger partial charge is 0.416 e. The van der Waals surface area contributed by atoms with Crippen LogP contribution in [0.3, 0.4) is 0 Å². The van der Waals surface area contributed by atoms with Crippen molar-refractivity contribution in [2.45, 2.75) is 25.2 Å². The van der Waals surface area contributed by atoms with Gasteiger partial charge in [-0.1, -0.05) is 18.2 Å². The Morgan fingerprint density at radius 2 is 2.04 bits per heavy atom. The molecule has 0 bridgehead atoms. The summed E-state index contributed by atoms with van der Waals surface area (Å²) in [5.41, 5.74) is 0.180. The van der Waals surface area contributed by atoms with E-state index in [1.165, 1.54) is 0 Å². The predicted octanol–water partition coefficient (Wildman–Crippen LogP) is 3.74. The number of fused-ring (bicyclic) bond motifs is 1. The first-order chi connectivity index (χ1) is 13.4. The van der Waals surface area contributed by atoms with Gasteiger partial charge in [-0.05, 0) is 23.6 Å². The van der Waals surface area contributed by atoms with Gasteiger partial charge in [0.1, 0.15) is 12.6 Å². The highest BCUT2D eigenvalue weighted by Gasteiger charge is 2.32. The Hall–Kier alpha value is -3.03. The van der Waals surface area contributed by atoms with Crippen LogP contribution in [-0.2, 0) is 17.5 Å². The molecular weight excluding hydrogens is 371 g/mol. The van der Waals surface area contributed by atoms with Crippen LogP contribution in [0.25, 0.3) is 10.9 Å². The van der Waals surface area contributed by atoms with E-state index in [4.69, 9.17) is 4.74 Å². The zero-order valence-electron chi connectivity index (χ0n) is 14.9. The van der Waals surface area contributed by atoms with Crippen molar-refractivity contribution in [3.05, 3.63) is 60.4 Å². The second-order valence-corrected chi connectivity index (χ2v) is 6.75. The van der Waals surface area contributed by atoms with Crippen LogP contribution in [0.1, 0.15) is 12.0 Å². The van der Waals surface area contributed by atoms with Gasteiger partial charge in [0.15, 0.2) is 0 Å². The summed E-state index contributed by atoms with van der Waals surface area (Å²) < 4.78 is 45.9. The third-order valence-corrected chi connectivity index (χ3v) is 4.83. The molecule has 1 aliphatic rings. The quantitative estimate of drug-likeness (QED) is 0.683. The van der Waals surface area contributed by atoms with Crippen molar-refractivity contribution >= 4 is 16.8 Å². The highest BCUT2D eigenvalue weighted by Crippen LogP contribution is 2.31. The molecule has 1 saturated heterocycles. The molecular formula is C20H18F3N3O2. The lowest BCUT2D eigenvalue weighted by atomic mass is 10.2. The number of benzene rings is 1. The molecule has 3 aromatic rings. The summed E-state index contributed by atoms with van der Waals surface area (Å²) in [5, 5.41) is 1.06. The predicted molar refractivity (Wildman–Crippen MR) is 96.8 cm³/mol. The summed E-state index contributed by atoms with van der Waals surface area (Å²) in [5.74, 6) is -0.130. The molecule has 2 aromatic heterocycles. The summed E-state index contributed by atoms with van der Waals surface area (Å²) in [6, 6.07) is 11.5. The number of halogens is 3. The van der Waals surface area contributed by atoms with Crippen molar-refractivity contribution in [3.8, 4) is 5.88 Å². The van der Waals surface area contributed by atoms with Crippen LogP contribution < -0.4 is 4.74 Å². The first-order valence-electron chi connectivity index (χ1n) is 8.92. The third-order valence-electron chi connectivity index (χ3n) is 4.83. The summed E-state index contributed by atoms with van der Waals surface area (Å²) in [7, 11) is 0. The topological polar surface area (TPSA) is 47.4 Å². The van der Waals surface area contributed by atoms with Crippen LogP contribution in [0, 0.1) is 0 Å². The Kier molecular flexibility index (Phi) is 4.70. The molecule has 28 heavy (non-hydrogen) atoms. The first kappa shape index (κ1) is 18.3. The fraction of sp³-hybridized carbons (Fsp3) is 0.300. The van der Waals surface area contributed by atoms with Gasteiger partial charge in [-0.25, -0.2) is 4.98 Å². The SMILES string of the molecule is O=C(Cn1ccc2ccccc21)N1CCC(Oc2cc(C(F)(F)F)ccn2)C1. The number of pyridine rings is 1. The van der Waals surface area contributed by atoms with Gasteiger partial charge in [-0.2, -0.15) is 13.2 Å². The van der Waals surface area contributed by atoms with Crippen molar-refractivity contribution in [1.82, 2.24) is 14.5 Å². The minimum Gasteiger partial charge on any atom is -0.472 e. The second kappa shape index (κ2) is 7.18. The lowest BCUT2D eigenvalue weighted by Crippen LogP contribution is -2.33. The van der Waals surface area contributed by atoms with Gasteiger partial charge < -0.3 is 14.2 Å². The number of ether oxygens (including phenoxy) is 1. The fourth-order valence-corrected chi connectivity index (χ4v) is 3.40. The number of para-hydroxylation sites is 1. The van der Waals surface area contributed by atoms with Gasteiger partial charge in [0.25, 0.3) is 0 Å². The number of carbonyl (C=O) groups is 1. The van der Waals surface area contributed by atoms with Crippen LogP contribution in [0.2, 0.25) is 0 Å². The summed E-state index contributed by atoms with van der Waals surface area (Å²) in [4.78, 5) is 18.2. The normalized spacial score (nSPS) is 17.2. The second-order valence-electron chi connectivity index (χ2n) is 6.75. The highest BCUT2D eigenvalue weighted by molar-refractivity contribution is 5.83. The van der Waals surface area contributed by atoms with E-state index >= 15 is 0 Å². The van der Waals surface area contributed by atoms with Crippen LogP contribution in [0.15, 0.2) is 54.9 Å². The minimum absolute atomic E-state index is 0.0514. The van der Waals surface area contributed by atoms with Crippen molar-refractivity contribution in [2.24, 2.45) is 0 Å². The Balaban J connectivity index is 1.38. The Morgan fingerprint density at radius 3 is 2.86 bits per heavy atom. The minimum atomic E-state index is -4.45. The van der Waals surface area contributed by atoms with E-state index in [9.17, 15) is 18.0 Å². The largest absolute Gasteiger partial charge is 0.472 e. The molecule has 4 rings (SSSR count). The van der Waals surface area contributed by atoms with Crippen molar-refractivity contribution < 1.29 is 22.7 Å². The van der Waals surface area contributed by atoms with Crippen LogP contribution in [0.4, 0.5) is 13.2 Å². The molecule has 1 atom stereocenters. The molecule has 0 aliphatic carbocycles. The molecule has 1 aliphatic heterocycles. The number of alkyl halides is 3. The average molecular weight is 389 g/mol. The standard InChI is InChI=1S/C20H18F3N3O2/c21-20(22,23)15-5-8-24-18(11-15)28-16-7-10-26(12-16)19(27)13-25-9-6-14-3-1-2-4-17(14)25/h1-6,8-9,11,16H,7,10,12-13H2. The van der Waals surface area contributed by atoms with Gasteiger partial charge in [-0.3, -0.25) is 4.79 Å². The summed E-state index contributed by atoms with van der Waals surface area (Å²) in [6.45, 7) is 1.04. The van der Waals surface area contributed by atoms with Gasteiger partial charge in [-0.15, -0.1) is 0 Å². The lowest BCUT2D eigenvalue weighted by Gasteiger charge is -2.18. The van der Waals surface area contributed by atoms with Crippen molar-refractivity contribution in [2.75, 3.05) is 13.1 Å². The van der Waals surface area contributed by atoms with Gasteiger partial charge >= 0.3 is 6.18 Å². The molecule has 1 amide bonds. The van der Waals surface area contributed by atoms with E-state index in [-0.39, 0.29) is 24.4 Å². The maximum Gasteiger partial charge on any atom is 0.416 e. The number of rotatable bonds is 4. The number of amides is 1. The summed E-state index contributed by atoms with van der Waals surface area (Å²) in [6.07, 6.45) is -1.32. The molecule has 0 spiro atoms. The molecule has 0 radical (unpaired) electrons. The molecule has 5 nitrogen and oxygen atoms in total. The Morgan fingerprint density at radius 1 is 1.21 bits per heavy atom. The fourth-order valence-electron chi connectivity index (χ4n) is 3.40. The number of carbonyl (C=O) groups excluding carboxylic acids is 1. The molecule has 8 heteroatoms. The monoisotopic (exact) mass is 389 g/mol. The van der Waals surface area contributed by atoms with Gasteiger partial charge in [0, 0.05) is 36.9 Å². The van der Waals surface area contributed by atoms with Crippen LogP contribution >= 0.6 is 0 Å². The number of aromatic nitrogens is 2. The van der Waals surface area contributed by atoms with Crippen LogP contribution in [0.5, 0.6) is 5.88 Å². The lowest BCUT2D eigenvalue weighted by molar-refractivity contribution is -0.137. The maximum atomic E-state index is 12.8. The maximum absolute atomic E-state index is 12.8. The van der Waals surface area contributed by atoms with Gasteiger partial charge in [0.05, 0.1) is 12.1 Å². The zero-order chi connectivity index (χ0) is 19.7. The molecule has 3 heterocycles. The third kappa shape index (κ3) is 3.81. The molecule has 1 unspecified atom stereocenters. The first-order valence-corrected chi connectivity index (χ1v) is 8.92. The zero-order valence-corrected chi connectivity index (χ0v) is 14.9. The van der Waals surface area contributed by atoms with Gasteiger partial charge in [0.2, 0.25) is 11.8 Å². The average Bonchev–Trinajstić information content (AvgIpc) is 3.29. The van der Waals surface area contributed by atoms with E-state index in [2.05, 4.69) is 4.98 Å². The van der Waals surface area contributed by atoms with E-state index in [1.807, 2.05) is 41.1 Å². The number of hydrogen-bond acceptors (Lipinski definition) is 3. The molecule has 146 valence electrons. The Labute approximate surface area is 159 Å². The number of likely N-dealkylation sites (tertiary alicyclic amines) is 1. The van der Waals surface area contributed by atoms with E-state index in [1.54, 1.807) is 4.90 Å². The Bertz CT molecular complexity index is 1000. The van der Waals surface area contributed by atoms with E-state index in [0.29, 0.717) is 19.5 Å². The molecule has 1 aromatic carbocycles. The van der Waals surface area contributed by atoms with Crippen molar-refractivity contribution in [3.63, 3.8) is 0 Å². The molecule has 0 N–H and O–H groups in total. The van der Waals surface area contributed by atoms with E-state index in [0.717, 1.165) is 29.2 Å². The highest BCUT2D eigenvalue weighted by atomic mass is 19.4. The van der Waals surface area contributed by atoms with E-state index < -0.39 is 11.7 Å². The number of hydrogen-bond donors (Lipinski definition) is 0. The number of nitrogens with zero attached hydrogens (tertiary/aromatic N) is 3. The molecule has 0 saturated carbocycles. The summed E-state index contributed by atoms with van der Waals surface area (Å²) >= 11 is 0. The molecule has 1 fully saturated rings. The van der Waals surface area contributed by atoms with Crippen LogP contribution in [-0.4, -0.2) is 39.6 Å². The van der Waals surface area contributed by atoms with Crippen molar-refractivity contribution in [1.29, 1.82) is 0 Å².